The summed E-state index contributed by atoms with van der Waals surface area (Å²) in [4.78, 5) is 13.3. The van der Waals surface area contributed by atoms with Gasteiger partial charge in [0, 0.05) is 22.8 Å². The standard InChI is InChI=1S/C12H17NOS/c1-12(6-2-5-10(12)13)11(14)8-9-4-3-7-15-9/h3-4,7,10H,2,5-6,8,13H2,1H3. The normalized spacial score (nSPS) is 30.7. The number of ketones is 1. The van der Waals surface area contributed by atoms with E-state index in [1.807, 2.05) is 24.4 Å². The lowest BCUT2D eigenvalue weighted by molar-refractivity contribution is -0.127. The summed E-state index contributed by atoms with van der Waals surface area (Å²) in [5.74, 6) is 0.315. The maximum absolute atomic E-state index is 12.2. The average molecular weight is 223 g/mol. The highest BCUT2D eigenvalue weighted by Crippen LogP contribution is 2.38. The van der Waals surface area contributed by atoms with Crippen molar-refractivity contribution in [1.29, 1.82) is 0 Å². The van der Waals surface area contributed by atoms with E-state index in [0.29, 0.717) is 12.2 Å². The molecule has 2 nitrogen and oxygen atoms in total. The predicted molar refractivity (Wildman–Crippen MR) is 63.0 cm³/mol. The van der Waals surface area contributed by atoms with Gasteiger partial charge in [0.25, 0.3) is 0 Å². The van der Waals surface area contributed by atoms with Crippen molar-refractivity contribution in [2.45, 2.75) is 38.6 Å². The van der Waals surface area contributed by atoms with Crippen LogP contribution in [0, 0.1) is 5.41 Å². The fourth-order valence-corrected chi connectivity index (χ4v) is 3.02. The predicted octanol–water partition coefficient (Wildman–Crippen LogP) is 2.38. The van der Waals surface area contributed by atoms with Gasteiger partial charge in [-0.25, -0.2) is 0 Å². The van der Waals surface area contributed by atoms with Crippen molar-refractivity contribution in [3.8, 4) is 0 Å². The van der Waals surface area contributed by atoms with Crippen molar-refractivity contribution in [2.75, 3.05) is 0 Å². The Bertz CT molecular complexity index is 347. The minimum atomic E-state index is -0.274. The molecule has 1 aromatic rings. The quantitative estimate of drug-likeness (QED) is 0.855. The van der Waals surface area contributed by atoms with Crippen molar-refractivity contribution in [3.63, 3.8) is 0 Å². The van der Waals surface area contributed by atoms with Crippen LogP contribution < -0.4 is 5.73 Å². The zero-order chi connectivity index (χ0) is 10.9. The molecular formula is C12H17NOS. The van der Waals surface area contributed by atoms with Crippen molar-refractivity contribution in [3.05, 3.63) is 22.4 Å². The van der Waals surface area contributed by atoms with Gasteiger partial charge >= 0.3 is 0 Å². The molecule has 2 rings (SSSR count). The van der Waals surface area contributed by atoms with E-state index in [-0.39, 0.29) is 11.5 Å². The summed E-state index contributed by atoms with van der Waals surface area (Å²) >= 11 is 1.65. The average Bonchev–Trinajstić information content (AvgIpc) is 2.79. The summed E-state index contributed by atoms with van der Waals surface area (Å²) in [5.41, 5.74) is 5.75. The Labute approximate surface area is 94.5 Å². The number of carbonyl (C=O) groups is 1. The minimum Gasteiger partial charge on any atom is -0.327 e. The minimum absolute atomic E-state index is 0.0602. The van der Waals surface area contributed by atoms with Crippen LogP contribution in [0.15, 0.2) is 17.5 Å². The highest BCUT2D eigenvalue weighted by molar-refractivity contribution is 7.10. The molecule has 15 heavy (non-hydrogen) atoms. The van der Waals surface area contributed by atoms with E-state index in [1.54, 1.807) is 11.3 Å². The number of thiophene rings is 1. The first-order chi connectivity index (χ1) is 7.13. The SMILES string of the molecule is CC1(C(=O)Cc2cccs2)CCCC1N. The molecule has 2 atom stereocenters. The Morgan fingerprint density at radius 3 is 3.07 bits per heavy atom. The van der Waals surface area contributed by atoms with E-state index >= 15 is 0 Å². The van der Waals surface area contributed by atoms with Crippen LogP contribution >= 0.6 is 11.3 Å². The Hall–Kier alpha value is -0.670. The van der Waals surface area contributed by atoms with Crippen LogP contribution in [0.4, 0.5) is 0 Å². The first-order valence-electron chi connectivity index (χ1n) is 5.44. The molecule has 2 unspecified atom stereocenters. The molecule has 2 N–H and O–H groups in total. The summed E-state index contributed by atoms with van der Waals surface area (Å²) in [6.45, 7) is 2.03. The van der Waals surface area contributed by atoms with E-state index in [9.17, 15) is 4.79 Å². The summed E-state index contributed by atoms with van der Waals surface area (Å²) in [7, 11) is 0. The molecule has 0 aliphatic heterocycles. The highest BCUT2D eigenvalue weighted by Gasteiger charge is 2.42. The first kappa shape index (κ1) is 10.8. The van der Waals surface area contributed by atoms with Gasteiger partial charge in [0.05, 0.1) is 0 Å². The van der Waals surface area contributed by atoms with Gasteiger partial charge in [-0.15, -0.1) is 11.3 Å². The molecule has 1 aromatic heterocycles. The van der Waals surface area contributed by atoms with E-state index < -0.39 is 0 Å². The summed E-state index contributed by atoms with van der Waals surface area (Å²) in [6, 6.07) is 4.07. The number of nitrogens with two attached hydrogens (primary N) is 1. The smallest absolute Gasteiger partial charge is 0.145 e. The molecule has 1 aliphatic carbocycles. The van der Waals surface area contributed by atoms with Gasteiger partial charge in [-0.2, -0.15) is 0 Å². The lowest BCUT2D eigenvalue weighted by Gasteiger charge is -2.27. The van der Waals surface area contributed by atoms with Crippen LogP contribution in [0.5, 0.6) is 0 Å². The van der Waals surface area contributed by atoms with Crippen LogP contribution in [0.25, 0.3) is 0 Å². The third kappa shape index (κ3) is 1.99. The molecule has 0 spiro atoms. The van der Waals surface area contributed by atoms with Crippen LogP contribution in [-0.2, 0) is 11.2 Å². The Morgan fingerprint density at radius 1 is 1.73 bits per heavy atom. The van der Waals surface area contributed by atoms with Gasteiger partial charge in [0.2, 0.25) is 0 Å². The Morgan fingerprint density at radius 2 is 2.53 bits per heavy atom. The van der Waals surface area contributed by atoms with Crippen LogP contribution in [0.3, 0.4) is 0 Å². The molecule has 1 heterocycles. The first-order valence-corrected chi connectivity index (χ1v) is 6.32. The maximum atomic E-state index is 12.2. The fourth-order valence-electron chi connectivity index (χ4n) is 2.31. The van der Waals surface area contributed by atoms with Gasteiger partial charge in [-0.1, -0.05) is 19.4 Å². The molecule has 82 valence electrons. The maximum Gasteiger partial charge on any atom is 0.145 e. The van der Waals surface area contributed by atoms with E-state index in [2.05, 4.69) is 0 Å². The van der Waals surface area contributed by atoms with Gasteiger partial charge < -0.3 is 5.73 Å². The Balaban J connectivity index is 2.07. The Kier molecular flexibility index (Phi) is 2.94. The lowest BCUT2D eigenvalue weighted by atomic mass is 9.79. The van der Waals surface area contributed by atoms with Crippen LogP contribution in [0.2, 0.25) is 0 Å². The molecule has 0 bridgehead atoms. The summed E-state index contributed by atoms with van der Waals surface area (Å²) in [5, 5.41) is 2.01. The fraction of sp³-hybridized carbons (Fsp3) is 0.583. The molecule has 3 heteroatoms. The van der Waals surface area contributed by atoms with E-state index in [0.717, 1.165) is 24.1 Å². The monoisotopic (exact) mass is 223 g/mol. The molecule has 0 aromatic carbocycles. The third-order valence-corrected chi connectivity index (χ3v) is 4.46. The lowest BCUT2D eigenvalue weighted by Crippen LogP contribution is -2.41. The summed E-state index contributed by atoms with van der Waals surface area (Å²) in [6.07, 6.45) is 3.60. The van der Waals surface area contributed by atoms with Crippen LogP contribution in [-0.4, -0.2) is 11.8 Å². The number of carbonyl (C=O) groups excluding carboxylic acids is 1. The second-order valence-electron chi connectivity index (χ2n) is 4.60. The van der Waals surface area contributed by atoms with Crippen molar-refractivity contribution in [2.24, 2.45) is 11.1 Å². The van der Waals surface area contributed by atoms with E-state index in [1.165, 1.54) is 0 Å². The zero-order valence-electron chi connectivity index (χ0n) is 9.03. The molecule has 0 saturated heterocycles. The van der Waals surface area contributed by atoms with E-state index in [4.69, 9.17) is 5.73 Å². The second-order valence-corrected chi connectivity index (χ2v) is 5.63. The number of hydrogen-bond donors (Lipinski definition) is 1. The van der Waals surface area contributed by atoms with Gasteiger partial charge in [0.15, 0.2) is 0 Å². The molecule has 1 fully saturated rings. The molecule has 1 aliphatic rings. The number of Topliss-reactive ketones (excluding diaryl/α,β-unsaturated/α-hetero) is 1. The van der Waals surface area contributed by atoms with Gasteiger partial charge in [-0.05, 0) is 24.3 Å². The zero-order valence-corrected chi connectivity index (χ0v) is 9.85. The third-order valence-electron chi connectivity index (χ3n) is 3.58. The van der Waals surface area contributed by atoms with Crippen molar-refractivity contribution >= 4 is 17.1 Å². The van der Waals surface area contributed by atoms with Crippen LogP contribution in [0.1, 0.15) is 31.1 Å². The van der Waals surface area contributed by atoms with Gasteiger partial charge in [0.1, 0.15) is 5.78 Å². The molecular weight excluding hydrogens is 206 g/mol. The molecule has 1 saturated carbocycles. The largest absolute Gasteiger partial charge is 0.327 e. The highest BCUT2D eigenvalue weighted by atomic mass is 32.1. The molecule has 0 radical (unpaired) electrons. The molecule has 0 amide bonds. The number of hydrogen-bond acceptors (Lipinski definition) is 3. The number of rotatable bonds is 3. The topological polar surface area (TPSA) is 43.1 Å². The second kappa shape index (κ2) is 4.06. The van der Waals surface area contributed by atoms with Crippen molar-refractivity contribution in [1.82, 2.24) is 0 Å². The van der Waals surface area contributed by atoms with Crippen molar-refractivity contribution < 1.29 is 4.79 Å². The summed E-state index contributed by atoms with van der Waals surface area (Å²) < 4.78 is 0. The van der Waals surface area contributed by atoms with Gasteiger partial charge in [-0.3, -0.25) is 4.79 Å².